The van der Waals surface area contributed by atoms with E-state index in [4.69, 9.17) is 37.9 Å². The first-order chi connectivity index (χ1) is 20.2. The number of carbonyl (C=O) groups excluding carboxylic acids is 1. The van der Waals surface area contributed by atoms with Gasteiger partial charge in [0.15, 0.2) is 0 Å². The van der Waals surface area contributed by atoms with E-state index >= 15 is 4.39 Å². The fourth-order valence-electron chi connectivity index (χ4n) is 6.37. The lowest BCUT2D eigenvalue weighted by Crippen LogP contribution is -2.53. The van der Waals surface area contributed by atoms with Crippen LogP contribution in [0.15, 0.2) is 18.7 Å². The highest BCUT2D eigenvalue weighted by molar-refractivity contribution is 6.36. The van der Waals surface area contributed by atoms with Crippen LogP contribution in [-0.4, -0.2) is 103 Å². The molecule has 9 nitrogen and oxygen atoms in total. The number of hydrogen-bond donors (Lipinski definition) is 1. The summed E-state index contributed by atoms with van der Waals surface area (Å²) in [6.07, 6.45) is 3.89. The van der Waals surface area contributed by atoms with Crippen molar-refractivity contribution in [3.8, 4) is 0 Å². The van der Waals surface area contributed by atoms with Crippen LogP contribution in [0.1, 0.15) is 24.7 Å². The molecule has 1 unspecified atom stereocenters. The zero-order chi connectivity index (χ0) is 29.6. The zero-order valence-electron chi connectivity index (χ0n) is 24.1. The van der Waals surface area contributed by atoms with Gasteiger partial charge in [-0.1, -0.05) is 35.9 Å². The second-order valence-electron chi connectivity index (χ2n) is 11.6. The van der Waals surface area contributed by atoms with Gasteiger partial charge in [-0.25, -0.2) is 14.4 Å². The molecule has 0 saturated carbocycles. The van der Waals surface area contributed by atoms with Gasteiger partial charge in [0.2, 0.25) is 5.91 Å². The number of likely N-dealkylation sites (N-methyl/N-ethyl adjacent to an activating group) is 1. The molecule has 2 aromatic rings. The average molecular weight is 617 g/mol. The number of nitrogens with zero attached hydrogens (tertiary/aromatic N) is 6. The third-order valence-electron chi connectivity index (χ3n) is 8.80. The summed E-state index contributed by atoms with van der Waals surface area (Å²) in [6.45, 7) is 13.2. The van der Waals surface area contributed by atoms with Crippen LogP contribution < -0.4 is 20.8 Å². The van der Waals surface area contributed by atoms with E-state index in [0.717, 1.165) is 37.2 Å². The molecule has 1 amide bonds. The molecular formula is C30H36Cl2FN7O2. The van der Waals surface area contributed by atoms with Crippen LogP contribution >= 0.6 is 23.2 Å². The summed E-state index contributed by atoms with van der Waals surface area (Å²) in [5.74, 6) is 1.53. The van der Waals surface area contributed by atoms with Crippen molar-refractivity contribution in [1.29, 1.82) is 0 Å². The van der Waals surface area contributed by atoms with Gasteiger partial charge >= 0.3 is 0 Å². The Labute approximate surface area is 255 Å². The molecule has 12 heteroatoms. The van der Waals surface area contributed by atoms with Gasteiger partial charge in [0.05, 0.1) is 27.7 Å². The maximum Gasteiger partial charge on any atom is 0.246 e. The average Bonchev–Trinajstić information content (AvgIpc) is 2.98. The largest absolute Gasteiger partial charge is 0.493 e. The molecule has 1 aromatic heterocycles. The summed E-state index contributed by atoms with van der Waals surface area (Å²) in [5.41, 5.74) is 0.0165. The summed E-state index contributed by atoms with van der Waals surface area (Å²) in [7, 11) is 2.13. The van der Waals surface area contributed by atoms with E-state index in [2.05, 4.69) is 39.7 Å². The highest BCUT2D eigenvalue weighted by Gasteiger charge is 2.42. The van der Waals surface area contributed by atoms with E-state index in [1.54, 1.807) is 4.90 Å². The molecule has 1 N–H and O–H groups in total. The Bertz CT molecular complexity index is 1540. The number of hydrogen-bond acceptors (Lipinski definition) is 8. The summed E-state index contributed by atoms with van der Waals surface area (Å²) >= 11 is 12.9. The van der Waals surface area contributed by atoms with Crippen molar-refractivity contribution in [3.63, 3.8) is 0 Å². The van der Waals surface area contributed by atoms with Crippen molar-refractivity contribution in [2.24, 2.45) is 0 Å². The predicted octanol–water partition coefficient (Wildman–Crippen LogP) is 2.20. The van der Waals surface area contributed by atoms with Gasteiger partial charge in [0.1, 0.15) is 35.2 Å². The molecule has 224 valence electrons. The Morgan fingerprint density at radius 1 is 1.14 bits per heavy atom. The van der Waals surface area contributed by atoms with Gasteiger partial charge in [-0.15, -0.1) is 0 Å². The molecule has 1 aliphatic carbocycles. The molecule has 4 heterocycles. The number of nitrogens with one attached hydrogen (secondary N) is 1. The summed E-state index contributed by atoms with van der Waals surface area (Å²) in [6, 6.07) is 1.45. The lowest BCUT2D eigenvalue weighted by atomic mass is 9.74. The summed E-state index contributed by atoms with van der Waals surface area (Å²) in [4.78, 5) is 31.2. The maximum atomic E-state index is 15.9. The number of fused-ring (bicyclic) bond motifs is 4. The SMILES string of the molecule is C=CC(=O)N1CCN(c2nc(CN3CCN(C)CC3)nc3c2=CCC2(C)C=3OCCNc3c(Cl)cc(Cl)c(F)c32)CC1. The number of anilines is 2. The fraction of sp³-hybridized carbons (Fsp3) is 0.500. The molecule has 2 saturated heterocycles. The van der Waals surface area contributed by atoms with Crippen molar-refractivity contribution in [2.45, 2.75) is 25.3 Å². The van der Waals surface area contributed by atoms with Gasteiger partial charge in [-0.05, 0) is 32.5 Å². The Balaban J connectivity index is 1.51. The van der Waals surface area contributed by atoms with Crippen molar-refractivity contribution in [3.05, 3.63) is 56.5 Å². The van der Waals surface area contributed by atoms with Crippen molar-refractivity contribution in [2.75, 3.05) is 82.8 Å². The minimum atomic E-state index is -0.903. The lowest BCUT2D eigenvalue weighted by molar-refractivity contribution is -0.126. The van der Waals surface area contributed by atoms with Gasteiger partial charge < -0.3 is 24.8 Å². The van der Waals surface area contributed by atoms with Gasteiger partial charge in [0, 0.05) is 69.7 Å². The molecule has 4 aliphatic rings. The third-order valence-corrected chi connectivity index (χ3v) is 9.38. The molecule has 1 aromatic carbocycles. The van der Waals surface area contributed by atoms with E-state index in [0.29, 0.717) is 85.5 Å². The first kappa shape index (κ1) is 29.2. The lowest BCUT2D eigenvalue weighted by Gasteiger charge is -2.39. The second-order valence-corrected chi connectivity index (χ2v) is 12.4. The van der Waals surface area contributed by atoms with Crippen LogP contribution in [0.5, 0.6) is 0 Å². The topological polar surface area (TPSA) is 77.1 Å². The standard InChI is InChI=1S/C30H36Cl2FN7O2/c1-4-23(41)39-12-14-40(15-13-39)29-19-5-6-30(2)24-25(33)20(31)17-21(32)27(24)34-7-16-42-28(30)26(19)35-22(36-29)18-38-10-8-37(3)9-11-38/h4-5,17,34H,1,6-16,18H2,2-3H3. The van der Waals surface area contributed by atoms with Crippen LogP contribution in [0.2, 0.25) is 10.0 Å². The minimum absolute atomic E-state index is 0.0291. The molecule has 0 radical (unpaired) electrons. The van der Waals surface area contributed by atoms with Crippen LogP contribution in [0.25, 0.3) is 11.8 Å². The van der Waals surface area contributed by atoms with Crippen molar-refractivity contribution in [1.82, 2.24) is 24.7 Å². The Morgan fingerprint density at radius 3 is 2.60 bits per heavy atom. The Hall–Kier alpha value is -2.92. The van der Waals surface area contributed by atoms with Crippen molar-refractivity contribution < 1.29 is 13.9 Å². The number of amides is 1. The number of aromatic nitrogens is 2. The smallest absolute Gasteiger partial charge is 0.246 e. The monoisotopic (exact) mass is 615 g/mol. The van der Waals surface area contributed by atoms with Crippen LogP contribution in [0.4, 0.5) is 15.9 Å². The minimum Gasteiger partial charge on any atom is -0.493 e. The van der Waals surface area contributed by atoms with Crippen molar-refractivity contribution >= 4 is 52.4 Å². The first-order valence-corrected chi connectivity index (χ1v) is 15.2. The molecule has 1 atom stereocenters. The molecule has 3 aliphatic heterocycles. The van der Waals surface area contributed by atoms with Gasteiger partial charge in [-0.2, -0.15) is 0 Å². The van der Waals surface area contributed by atoms with Crippen LogP contribution in [0, 0.1) is 5.82 Å². The highest BCUT2D eigenvalue weighted by atomic mass is 35.5. The number of benzene rings is 1. The molecule has 6 rings (SSSR count). The fourth-order valence-corrected chi connectivity index (χ4v) is 6.90. The molecule has 2 fully saturated rings. The van der Waals surface area contributed by atoms with Gasteiger partial charge in [-0.3, -0.25) is 9.69 Å². The summed E-state index contributed by atoms with van der Waals surface area (Å²) in [5, 5.41) is 5.15. The van der Waals surface area contributed by atoms with Gasteiger partial charge in [0.25, 0.3) is 0 Å². The second kappa shape index (κ2) is 11.6. The zero-order valence-corrected chi connectivity index (χ0v) is 25.6. The van der Waals surface area contributed by atoms with E-state index in [1.807, 2.05) is 6.92 Å². The van der Waals surface area contributed by atoms with Crippen LogP contribution in [-0.2, 0) is 21.5 Å². The molecule has 0 bridgehead atoms. The first-order valence-electron chi connectivity index (χ1n) is 14.4. The number of piperazine rings is 2. The van der Waals surface area contributed by atoms with E-state index in [-0.39, 0.29) is 10.9 Å². The quantitative estimate of drug-likeness (QED) is 0.414. The molecule has 42 heavy (non-hydrogen) atoms. The Kier molecular flexibility index (Phi) is 8.08. The van der Waals surface area contributed by atoms with E-state index < -0.39 is 11.2 Å². The summed E-state index contributed by atoms with van der Waals surface area (Å²) < 4.78 is 22.3. The van der Waals surface area contributed by atoms with E-state index in [1.165, 1.54) is 12.1 Å². The van der Waals surface area contributed by atoms with E-state index in [9.17, 15) is 4.79 Å². The Morgan fingerprint density at radius 2 is 1.88 bits per heavy atom. The predicted molar refractivity (Wildman–Crippen MR) is 164 cm³/mol. The number of rotatable bonds is 4. The normalized spacial score (nSPS) is 22.9. The molecule has 0 spiro atoms. The number of carbonyl (C=O) groups is 1. The highest BCUT2D eigenvalue weighted by Crippen LogP contribution is 2.47. The third kappa shape index (κ3) is 5.23. The maximum absolute atomic E-state index is 15.9. The van der Waals surface area contributed by atoms with Crippen LogP contribution in [0.3, 0.4) is 0 Å². The molecular weight excluding hydrogens is 580 g/mol. The number of ether oxygens (including phenoxy) is 1. The number of halogens is 3.